The van der Waals surface area contributed by atoms with Crippen LogP contribution in [0.5, 0.6) is 0 Å². The molecule has 7 nitrogen and oxygen atoms in total. The van der Waals surface area contributed by atoms with Crippen LogP contribution >= 0.6 is 11.6 Å². The van der Waals surface area contributed by atoms with Crippen LogP contribution in [-0.4, -0.2) is 44.8 Å². The van der Waals surface area contributed by atoms with Crippen molar-refractivity contribution in [2.75, 3.05) is 18.9 Å². The molecule has 0 bridgehead atoms. The van der Waals surface area contributed by atoms with E-state index in [1.54, 1.807) is 19.9 Å². The van der Waals surface area contributed by atoms with Crippen molar-refractivity contribution in [3.63, 3.8) is 0 Å². The van der Waals surface area contributed by atoms with E-state index in [1.165, 1.54) is 30.1 Å². The minimum Gasteiger partial charge on any atom is -0.332 e. The van der Waals surface area contributed by atoms with Crippen molar-refractivity contribution in [1.82, 2.24) is 9.62 Å². The van der Waals surface area contributed by atoms with Gasteiger partial charge >= 0.3 is 0 Å². The fraction of sp³-hybridized carbons (Fsp3) is 0.333. The predicted molar refractivity (Wildman–Crippen MR) is 118 cm³/mol. The molecule has 0 unspecified atom stereocenters. The summed E-state index contributed by atoms with van der Waals surface area (Å²) < 4.78 is 27.3. The van der Waals surface area contributed by atoms with Crippen LogP contribution in [0.15, 0.2) is 47.4 Å². The Morgan fingerprint density at radius 1 is 1.13 bits per heavy atom. The summed E-state index contributed by atoms with van der Waals surface area (Å²) in [6.45, 7) is 5.16. The average Bonchev–Trinajstić information content (AvgIpc) is 2.66. The van der Waals surface area contributed by atoms with Gasteiger partial charge in [-0.3, -0.25) is 9.59 Å². The second-order valence-electron chi connectivity index (χ2n) is 7.14. The molecule has 0 atom stereocenters. The van der Waals surface area contributed by atoms with Gasteiger partial charge in [-0.2, -0.15) is 0 Å². The number of halogens is 1. The highest BCUT2D eigenvalue weighted by Crippen LogP contribution is 2.22. The van der Waals surface area contributed by atoms with E-state index < -0.39 is 15.9 Å². The normalized spacial score (nSPS) is 11.4. The molecule has 0 saturated heterocycles. The Labute approximate surface area is 182 Å². The van der Waals surface area contributed by atoms with E-state index in [1.807, 2.05) is 25.1 Å². The topological polar surface area (TPSA) is 95.6 Å². The van der Waals surface area contributed by atoms with E-state index in [2.05, 4.69) is 10.0 Å². The standard InChI is InChI=1S/C21H26ClN3O4S/c1-5-15-8-6-7-9-19(15)23-20(26)13-25(4)21(27)17-12-16(10-11-18(17)22)30(28,29)24-14(2)3/h6-12,14,24H,5,13H2,1-4H3,(H,23,26). The maximum absolute atomic E-state index is 12.8. The number of hydrogen-bond acceptors (Lipinski definition) is 4. The molecule has 2 amide bonds. The summed E-state index contributed by atoms with van der Waals surface area (Å²) in [4.78, 5) is 26.4. The third-order valence-corrected chi connectivity index (χ3v) is 6.26. The number of nitrogens with one attached hydrogen (secondary N) is 2. The maximum atomic E-state index is 12.8. The molecule has 2 rings (SSSR count). The molecule has 2 aromatic rings. The fourth-order valence-electron chi connectivity index (χ4n) is 2.85. The molecule has 0 spiro atoms. The molecule has 0 aliphatic rings. The van der Waals surface area contributed by atoms with E-state index in [-0.39, 0.29) is 34.0 Å². The van der Waals surface area contributed by atoms with Crippen molar-refractivity contribution in [3.8, 4) is 0 Å². The highest BCUT2D eigenvalue weighted by atomic mass is 35.5. The van der Waals surface area contributed by atoms with Crippen LogP contribution in [0.2, 0.25) is 5.02 Å². The molecule has 0 fully saturated rings. The van der Waals surface area contributed by atoms with E-state index >= 15 is 0 Å². The van der Waals surface area contributed by atoms with Crippen LogP contribution in [0.3, 0.4) is 0 Å². The Hall–Kier alpha value is -2.42. The summed E-state index contributed by atoms with van der Waals surface area (Å²) in [5.41, 5.74) is 1.68. The molecular weight excluding hydrogens is 426 g/mol. The summed E-state index contributed by atoms with van der Waals surface area (Å²) >= 11 is 6.13. The Balaban J connectivity index is 2.17. The number of amides is 2. The van der Waals surface area contributed by atoms with Crippen LogP contribution in [-0.2, 0) is 21.2 Å². The zero-order valence-electron chi connectivity index (χ0n) is 17.4. The van der Waals surface area contributed by atoms with Crippen molar-refractivity contribution < 1.29 is 18.0 Å². The quantitative estimate of drug-likeness (QED) is 0.643. The molecule has 0 aliphatic carbocycles. The van der Waals surface area contributed by atoms with Crippen molar-refractivity contribution in [3.05, 3.63) is 58.6 Å². The van der Waals surface area contributed by atoms with Crippen molar-refractivity contribution >= 4 is 39.1 Å². The first-order chi connectivity index (χ1) is 14.0. The molecule has 0 heterocycles. The third kappa shape index (κ3) is 6.04. The molecular formula is C21H26ClN3O4S. The van der Waals surface area contributed by atoms with Crippen LogP contribution < -0.4 is 10.0 Å². The first kappa shape index (κ1) is 23.9. The first-order valence-electron chi connectivity index (χ1n) is 9.50. The molecule has 0 saturated carbocycles. The van der Waals surface area contributed by atoms with Gasteiger partial charge in [-0.25, -0.2) is 13.1 Å². The molecule has 0 aliphatic heterocycles. The Bertz CT molecular complexity index is 1040. The van der Waals surface area contributed by atoms with E-state index in [4.69, 9.17) is 11.6 Å². The maximum Gasteiger partial charge on any atom is 0.255 e. The number of aryl methyl sites for hydroxylation is 1. The van der Waals surface area contributed by atoms with Gasteiger partial charge in [0.2, 0.25) is 15.9 Å². The molecule has 0 radical (unpaired) electrons. The van der Waals surface area contributed by atoms with Gasteiger partial charge in [0.15, 0.2) is 0 Å². The largest absolute Gasteiger partial charge is 0.332 e. The van der Waals surface area contributed by atoms with Crippen LogP contribution in [0.4, 0.5) is 5.69 Å². The Morgan fingerprint density at radius 3 is 2.43 bits per heavy atom. The summed E-state index contributed by atoms with van der Waals surface area (Å²) in [6, 6.07) is 11.0. The van der Waals surface area contributed by atoms with E-state index in [0.717, 1.165) is 12.0 Å². The fourth-order valence-corrected chi connectivity index (χ4v) is 4.32. The van der Waals surface area contributed by atoms with Gasteiger partial charge in [0, 0.05) is 18.8 Å². The third-order valence-electron chi connectivity index (χ3n) is 4.27. The van der Waals surface area contributed by atoms with Crippen LogP contribution in [0.1, 0.15) is 36.7 Å². The number of rotatable bonds is 8. The number of para-hydroxylation sites is 1. The van der Waals surface area contributed by atoms with Gasteiger partial charge in [-0.15, -0.1) is 0 Å². The van der Waals surface area contributed by atoms with Crippen LogP contribution in [0, 0.1) is 0 Å². The molecule has 30 heavy (non-hydrogen) atoms. The second-order valence-corrected chi connectivity index (χ2v) is 9.26. The summed E-state index contributed by atoms with van der Waals surface area (Å²) in [5, 5.41) is 2.90. The van der Waals surface area contributed by atoms with Gasteiger partial charge in [-0.05, 0) is 50.1 Å². The number of anilines is 1. The molecule has 162 valence electrons. The summed E-state index contributed by atoms with van der Waals surface area (Å²) in [6.07, 6.45) is 0.756. The first-order valence-corrected chi connectivity index (χ1v) is 11.4. The van der Waals surface area contributed by atoms with Gasteiger partial charge in [0.1, 0.15) is 0 Å². The number of nitrogens with zero attached hydrogens (tertiary/aromatic N) is 1. The van der Waals surface area contributed by atoms with E-state index in [0.29, 0.717) is 5.69 Å². The monoisotopic (exact) mass is 451 g/mol. The van der Waals surface area contributed by atoms with Gasteiger partial charge in [0.05, 0.1) is 22.0 Å². The number of sulfonamides is 1. The highest BCUT2D eigenvalue weighted by molar-refractivity contribution is 7.89. The number of benzene rings is 2. The average molecular weight is 452 g/mol. The SMILES string of the molecule is CCc1ccccc1NC(=O)CN(C)C(=O)c1cc(S(=O)(=O)NC(C)C)ccc1Cl. The lowest BCUT2D eigenvalue weighted by Crippen LogP contribution is -2.35. The molecule has 2 aromatic carbocycles. The van der Waals surface area contributed by atoms with E-state index in [9.17, 15) is 18.0 Å². The Kier molecular flexibility index (Phi) is 8.00. The summed E-state index contributed by atoms with van der Waals surface area (Å²) in [5.74, 6) is -0.923. The lowest BCUT2D eigenvalue weighted by atomic mass is 10.1. The second kappa shape index (κ2) is 10.1. The zero-order valence-corrected chi connectivity index (χ0v) is 19.0. The van der Waals surface area contributed by atoms with Crippen LogP contribution in [0.25, 0.3) is 0 Å². The van der Waals surface area contributed by atoms with Crippen molar-refractivity contribution in [2.24, 2.45) is 0 Å². The lowest BCUT2D eigenvalue weighted by molar-refractivity contribution is -0.116. The molecule has 9 heteroatoms. The molecule has 2 N–H and O–H groups in total. The predicted octanol–water partition coefficient (Wildman–Crippen LogP) is 3.30. The smallest absolute Gasteiger partial charge is 0.255 e. The van der Waals surface area contributed by atoms with Gasteiger partial charge in [0.25, 0.3) is 5.91 Å². The minimum absolute atomic E-state index is 0.00700. The summed E-state index contributed by atoms with van der Waals surface area (Å²) in [7, 11) is -2.33. The van der Waals surface area contributed by atoms with Crippen molar-refractivity contribution in [1.29, 1.82) is 0 Å². The van der Waals surface area contributed by atoms with Crippen molar-refractivity contribution in [2.45, 2.75) is 38.1 Å². The lowest BCUT2D eigenvalue weighted by Gasteiger charge is -2.19. The Morgan fingerprint density at radius 2 is 1.80 bits per heavy atom. The van der Waals surface area contributed by atoms with Gasteiger partial charge in [-0.1, -0.05) is 36.7 Å². The number of carbonyl (C=O) groups is 2. The molecule has 0 aromatic heterocycles. The number of likely N-dealkylation sites (N-methyl/N-ethyl adjacent to an activating group) is 1. The number of hydrogen-bond donors (Lipinski definition) is 2. The number of carbonyl (C=O) groups excluding carboxylic acids is 2. The zero-order chi connectivity index (χ0) is 22.5. The minimum atomic E-state index is -3.79. The van der Waals surface area contributed by atoms with Gasteiger partial charge < -0.3 is 10.2 Å². The highest BCUT2D eigenvalue weighted by Gasteiger charge is 2.22.